The molecule has 0 aliphatic carbocycles. The number of carboxylic acid groups (broad SMARTS) is 1. The zero-order chi connectivity index (χ0) is 24.8. The van der Waals surface area contributed by atoms with E-state index in [9.17, 15) is 33.9 Å². The van der Waals surface area contributed by atoms with Gasteiger partial charge in [-0.3, -0.25) is 24.0 Å². The molecule has 0 saturated carbocycles. The molecule has 182 valence electrons. The van der Waals surface area contributed by atoms with Gasteiger partial charge in [0.2, 0.25) is 29.5 Å². The summed E-state index contributed by atoms with van der Waals surface area (Å²) in [7, 11) is 0. The van der Waals surface area contributed by atoms with E-state index in [1.807, 2.05) is 0 Å². The molecule has 0 heterocycles. The highest BCUT2D eigenvalue weighted by molar-refractivity contribution is 5.95. The zero-order valence-electron chi connectivity index (χ0n) is 18.0. The van der Waals surface area contributed by atoms with Crippen LogP contribution in [0.25, 0.3) is 0 Å². The molecular weight excluding hydrogens is 426 g/mol. The average molecular weight is 460 g/mol. The smallest absolute Gasteiger partial charge is 0.326 e. The Hall–Kier alpha value is -3.26. The Kier molecular flexibility index (Phi) is 13.2. The van der Waals surface area contributed by atoms with Gasteiger partial charge >= 0.3 is 5.97 Å². The molecule has 4 atom stereocenters. The Morgan fingerprint density at radius 2 is 1.28 bits per heavy atom. The van der Waals surface area contributed by atoms with Crippen molar-refractivity contribution >= 4 is 35.5 Å². The summed E-state index contributed by atoms with van der Waals surface area (Å²) < 4.78 is 0. The average Bonchev–Trinajstić information content (AvgIpc) is 2.68. The van der Waals surface area contributed by atoms with E-state index in [2.05, 4.69) is 16.0 Å². The SMILES string of the molecule is CC(N)C(=O)NC(CCC(N)=O)C(=O)NC(CCCCN)C(=O)NC(CC(N)=O)C(=O)O. The molecular formula is C18H33N7O7. The summed E-state index contributed by atoms with van der Waals surface area (Å²) in [5, 5.41) is 16.2. The van der Waals surface area contributed by atoms with Crippen molar-refractivity contribution in [2.24, 2.45) is 22.9 Å². The molecule has 0 aliphatic rings. The van der Waals surface area contributed by atoms with Crippen molar-refractivity contribution in [3.63, 3.8) is 0 Å². The maximum Gasteiger partial charge on any atom is 0.326 e. The highest BCUT2D eigenvalue weighted by Crippen LogP contribution is 2.06. The first-order chi connectivity index (χ1) is 14.9. The minimum Gasteiger partial charge on any atom is -0.480 e. The molecule has 0 saturated heterocycles. The molecule has 0 rings (SSSR count). The van der Waals surface area contributed by atoms with Gasteiger partial charge in [-0.25, -0.2) is 4.79 Å². The Balaban J connectivity index is 5.49. The van der Waals surface area contributed by atoms with Crippen LogP contribution in [0.1, 0.15) is 45.4 Å². The molecule has 0 aliphatic heterocycles. The van der Waals surface area contributed by atoms with E-state index in [1.165, 1.54) is 6.92 Å². The molecule has 12 N–H and O–H groups in total. The third-order valence-corrected chi connectivity index (χ3v) is 4.33. The number of carboxylic acids is 1. The van der Waals surface area contributed by atoms with Crippen LogP contribution in [0, 0.1) is 0 Å². The lowest BCUT2D eigenvalue weighted by molar-refractivity contribution is -0.143. The second kappa shape index (κ2) is 14.7. The van der Waals surface area contributed by atoms with Crippen LogP contribution in [0.5, 0.6) is 0 Å². The van der Waals surface area contributed by atoms with Crippen LogP contribution in [0.4, 0.5) is 0 Å². The van der Waals surface area contributed by atoms with Crippen LogP contribution in [-0.4, -0.2) is 71.3 Å². The number of nitrogens with two attached hydrogens (primary N) is 4. The first kappa shape index (κ1) is 28.7. The number of carbonyl (C=O) groups excluding carboxylic acids is 5. The fourth-order valence-corrected chi connectivity index (χ4v) is 2.57. The number of aliphatic carboxylic acids is 1. The van der Waals surface area contributed by atoms with E-state index in [-0.39, 0.29) is 19.3 Å². The zero-order valence-corrected chi connectivity index (χ0v) is 18.0. The molecule has 4 unspecified atom stereocenters. The predicted molar refractivity (Wildman–Crippen MR) is 112 cm³/mol. The fourth-order valence-electron chi connectivity index (χ4n) is 2.57. The van der Waals surface area contributed by atoms with Crippen molar-refractivity contribution in [3.8, 4) is 0 Å². The van der Waals surface area contributed by atoms with Crippen LogP contribution in [0.15, 0.2) is 0 Å². The second-order valence-corrected chi connectivity index (χ2v) is 7.27. The van der Waals surface area contributed by atoms with Crippen LogP contribution in [-0.2, 0) is 28.8 Å². The first-order valence-corrected chi connectivity index (χ1v) is 10.0. The van der Waals surface area contributed by atoms with E-state index in [4.69, 9.17) is 22.9 Å². The molecule has 0 spiro atoms. The minimum absolute atomic E-state index is 0.0987. The van der Waals surface area contributed by atoms with Crippen molar-refractivity contribution in [2.45, 2.75) is 69.6 Å². The summed E-state index contributed by atoms with van der Waals surface area (Å²) in [4.78, 5) is 70.8. The van der Waals surface area contributed by atoms with Crippen LogP contribution in [0.2, 0.25) is 0 Å². The lowest BCUT2D eigenvalue weighted by Crippen LogP contribution is -2.57. The van der Waals surface area contributed by atoms with E-state index < -0.39 is 66.1 Å². The van der Waals surface area contributed by atoms with Gasteiger partial charge in [0, 0.05) is 6.42 Å². The lowest BCUT2D eigenvalue weighted by atomic mass is 10.0. The summed E-state index contributed by atoms with van der Waals surface area (Å²) >= 11 is 0. The molecule has 5 amide bonds. The summed E-state index contributed by atoms with van der Waals surface area (Å²) in [5.74, 6) is -5.44. The van der Waals surface area contributed by atoms with Gasteiger partial charge in [-0.05, 0) is 39.2 Å². The molecule has 0 radical (unpaired) electrons. The number of nitrogens with one attached hydrogen (secondary N) is 3. The highest BCUT2D eigenvalue weighted by Gasteiger charge is 2.30. The maximum absolute atomic E-state index is 12.7. The summed E-state index contributed by atoms with van der Waals surface area (Å²) in [5.41, 5.74) is 21.0. The molecule has 0 fully saturated rings. The number of hydrogen-bond donors (Lipinski definition) is 8. The predicted octanol–water partition coefficient (Wildman–Crippen LogP) is -3.86. The quantitative estimate of drug-likeness (QED) is 0.105. The molecule has 0 bridgehead atoms. The molecule has 14 heteroatoms. The standard InChI is InChI=1S/C18H33N7O7/c1-9(20)15(28)23-11(5-6-13(21)26)17(30)24-10(4-2-3-7-19)16(29)25-12(18(31)32)8-14(22)27/h9-12H,2-8,19-20H2,1H3,(H2,21,26)(H2,22,27)(H,23,28)(H,24,30)(H,25,29)(H,31,32). The molecule has 0 aromatic carbocycles. The summed E-state index contributed by atoms with van der Waals surface area (Å²) in [6.07, 6.45) is 0.0331. The Bertz CT molecular complexity index is 699. The molecule has 0 aromatic heterocycles. The topological polar surface area (TPSA) is 263 Å². The second-order valence-electron chi connectivity index (χ2n) is 7.27. The van der Waals surface area contributed by atoms with Gasteiger partial charge in [0.05, 0.1) is 12.5 Å². The Morgan fingerprint density at radius 3 is 1.72 bits per heavy atom. The van der Waals surface area contributed by atoms with Crippen LogP contribution < -0.4 is 38.9 Å². The number of unbranched alkanes of at least 4 members (excludes halogenated alkanes) is 1. The van der Waals surface area contributed by atoms with Crippen molar-refractivity contribution in [3.05, 3.63) is 0 Å². The van der Waals surface area contributed by atoms with E-state index in [0.29, 0.717) is 19.4 Å². The molecule has 0 aromatic rings. The van der Waals surface area contributed by atoms with Crippen molar-refractivity contribution in [1.29, 1.82) is 0 Å². The van der Waals surface area contributed by atoms with Gasteiger partial charge in [-0.1, -0.05) is 0 Å². The first-order valence-electron chi connectivity index (χ1n) is 10.0. The molecule has 32 heavy (non-hydrogen) atoms. The number of primary amides is 2. The third kappa shape index (κ3) is 11.8. The van der Waals surface area contributed by atoms with Crippen LogP contribution >= 0.6 is 0 Å². The van der Waals surface area contributed by atoms with Gasteiger partial charge in [-0.2, -0.15) is 0 Å². The van der Waals surface area contributed by atoms with Gasteiger partial charge in [0.15, 0.2) is 0 Å². The highest BCUT2D eigenvalue weighted by atomic mass is 16.4. The Morgan fingerprint density at radius 1 is 0.781 bits per heavy atom. The monoisotopic (exact) mass is 459 g/mol. The van der Waals surface area contributed by atoms with Gasteiger partial charge in [0.25, 0.3) is 0 Å². The van der Waals surface area contributed by atoms with Gasteiger partial charge in [0.1, 0.15) is 18.1 Å². The number of rotatable bonds is 16. The summed E-state index contributed by atoms with van der Waals surface area (Å²) in [6.45, 7) is 1.72. The molecule has 14 nitrogen and oxygen atoms in total. The fraction of sp³-hybridized carbons (Fsp3) is 0.667. The number of carbonyl (C=O) groups is 6. The van der Waals surface area contributed by atoms with Gasteiger partial charge in [-0.15, -0.1) is 0 Å². The Labute approximate surface area is 185 Å². The minimum atomic E-state index is -1.59. The number of hydrogen-bond acceptors (Lipinski definition) is 8. The van der Waals surface area contributed by atoms with Gasteiger partial charge < -0.3 is 44.0 Å². The lowest BCUT2D eigenvalue weighted by Gasteiger charge is -2.24. The van der Waals surface area contributed by atoms with E-state index in [0.717, 1.165) is 0 Å². The van der Waals surface area contributed by atoms with Crippen molar-refractivity contribution < 1.29 is 33.9 Å². The van der Waals surface area contributed by atoms with E-state index in [1.54, 1.807) is 0 Å². The number of amides is 5. The maximum atomic E-state index is 12.7. The summed E-state index contributed by atoms with van der Waals surface area (Å²) in [6, 6.07) is -4.94. The van der Waals surface area contributed by atoms with E-state index >= 15 is 0 Å². The largest absolute Gasteiger partial charge is 0.480 e. The third-order valence-electron chi connectivity index (χ3n) is 4.33. The normalized spacial score (nSPS) is 14.3. The van der Waals surface area contributed by atoms with Crippen LogP contribution in [0.3, 0.4) is 0 Å². The van der Waals surface area contributed by atoms with Crippen molar-refractivity contribution in [1.82, 2.24) is 16.0 Å². The van der Waals surface area contributed by atoms with Crippen molar-refractivity contribution in [2.75, 3.05) is 6.54 Å².